The number of aromatic nitrogens is 5. The highest BCUT2D eigenvalue weighted by molar-refractivity contribution is 5.87. The maximum Gasteiger partial charge on any atom is 0.281 e. The van der Waals surface area contributed by atoms with Crippen LogP contribution in [0.2, 0.25) is 0 Å². The van der Waals surface area contributed by atoms with Crippen molar-refractivity contribution in [1.29, 1.82) is 0 Å². The topological polar surface area (TPSA) is 143 Å². The Labute approximate surface area is 195 Å². The quantitative estimate of drug-likeness (QED) is 0.581. The SMILES string of the molecule is C=CC(=O)N1CCC(CN2CCN(c3nc(N)nc(-c4cnc(N)nc4C(F)F)n3)CC2)CC1. The van der Waals surface area contributed by atoms with Gasteiger partial charge in [-0.25, -0.2) is 18.7 Å². The second-order valence-corrected chi connectivity index (χ2v) is 8.41. The van der Waals surface area contributed by atoms with Gasteiger partial charge in [-0.05, 0) is 24.8 Å². The first-order chi connectivity index (χ1) is 16.3. The normalized spacial score (nSPS) is 17.9. The lowest BCUT2D eigenvalue weighted by Gasteiger charge is -2.38. The van der Waals surface area contributed by atoms with Crippen LogP contribution in [0, 0.1) is 5.92 Å². The molecule has 2 fully saturated rings. The number of rotatable bonds is 6. The van der Waals surface area contributed by atoms with E-state index in [1.165, 1.54) is 12.3 Å². The summed E-state index contributed by atoms with van der Waals surface area (Å²) in [4.78, 5) is 38.0. The molecule has 13 heteroatoms. The van der Waals surface area contributed by atoms with Gasteiger partial charge in [-0.15, -0.1) is 0 Å². The predicted molar refractivity (Wildman–Crippen MR) is 123 cm³/mol. The number of amides is 1. The number of piperazine rings is 1. The van der Waals surface area contributed by atoms with E-state index in [2.05, 4.69) is 36.4 Å². The van der Waals surface area contributed by atoms with Crippen molar-refractivity contribution in [1.82, 2.24) is 34.7 Å². The van der Waals surface area contributed by atoms with Crippen molar-refractivity contribution >= 4 is 23.8 Å². The van der Waals surface area contributed by atoms with Crippen molar-refractivity contribution in [2.24, 2.45) is 5.92 Å². The molecule has 0 bridgehead atoms. The fourth-order valence-corrected chi connectivity index (χ4v) is 4.35. The molecule has 0 radical (unpaired) electrons. The summed E-state index contributed by atoms with van der Waals surface area (Å²) >= 11 is 0. The summed E-state index contributed by atoms with van der Waals surface area (Å²) in [6, 6.07) is 0. The number of hydrogen-bond acceptors (Lipinski definition) is 10. The van der Waals surface area contributed by atoms with Crippen LogP contribution in [-0.2, 0) is 4.79 Å². The van der Waals surface area contributed by atoms with Crippen LogP contribution in [0.3, 0.4) is 0 Å². The largest absolute Gasteiger partial charge is 0.368 e. The van der Waals surface area contributed by atoms with E-state index >= 15 is 0 Å². The second-order valence-electron chi connectivity index (χ2n) is 8.41. The number of carbonyl (C=O) groups is 1. The Bertz CT molecular complexity index is 1040. The van der Waals surface area contributed by atoms with Gasteiger partial charge in [0.05, 0.1) is 5.56 Å². The van der Waals surface area contributed by atoms with Crippen molar-refractivity contribution in [3.8, 4) is 11.4 Å². The molecule has 182 valence electrons. The Hall–Kier alpha value is -3.48. The Morgan fingerprint density at radius 3 is 2.41 bits per heavy atom. The van der Waals surface area contributed by atoms with Gasteiger partial charge in [0, 0.05) is 52.0 Å². The molecule has 0 saturated carbocycles. The van der Waals surface area contributed by atoms with Crippen molar-refractivity contribution in [2.45, 2.75) is 19.3 Å². The number of hydrogen-bond donors (Lipinski definition) is 2. The molecule has 4 rings (SSSR count). The zero-order chi connectivity index (χ0) is 24.2. The molecule has 2 saturated heterocycles. The molecule has 0 aromatic carbocycles. The number of alkyl halides is 2. The average Bonchev–Trinajstić information content (AvgIpc) is 2.84. The van der Waals surface area contributed by atoms with Gasteiger partial charge in [0.15, 0.2) is 5.82 Å². The molecule has 11 nitrogen and oxygen atoms in total. The smallest absolute Gasteiger partial charge is 0.281 e. The zero-order valence-electron chi connectivity index (χ0n) is 18.8. The third kappa shape index (κ3) is 5.35. The van der Waals surface area contributed by atoms with Gasteiger partial charge in [-0.2, -0.15) is 15.0 Å². The number of nitrogens with two attached hydrogens (primary N) is 2. The van der Waals surface area contributed by atoms with Gasteiger partial charge in [0.2, 0.25) is 23.8 Å². The highest BCUT2D eigenvalue weighted by atomic mass is 19.3. The summed E-state index contributed by atoms with van der Waals surface area (Å²) in [5.41, 5.74) is 10.8. The first-order valence-corrected chi connectivity index (χ1v) is 11.1. The van der Waals surface area contributed by atoms with Gasteiger partial charge >= 0.3 is 0 Å². The fourth-order valence-electron chi connectivity index (χ4n) is 4.35. The molecule has 0 atom stereocenters. The number of halogens is 2. The molecular weight excluding hydrogens is 446 g/mol. The van der Waals surface area contributed by atoms with Crippen molar-refractivity contribution in [2.75, 3.05) is 62.2 Å². The van der Waals surface area contributed by atoms with Crippen molar-refractivity contribution < 1.29 is 13.6 Å². The van der Waals surface area contributed by atoms with E-state index in [9.17, 15) is 13.6 Å². The third-order valence-corrected chi connectivity index (χ3v) is 6.20. The third-order valence-electron chi connectivity index (χ3n) is 6.20. The van der Waals surface area contributed by atoms with Crippen molar-refractivity contribution in [3.05, 3.63) is 24.5 Å². The molecule has 2 aliphatic heterocycles. The summed E-state index contributed by atoms with van der Waals surface area (Å²) in [6.07, 6.45) is 1.63. The number of anilines is 3. The second kappa shape index (κ2) is 10.2. The molecule has 4 N–H and O–H groups in total. The van der Waals surface area contributed by atoms with Crippen LogP contribution in [0.4, 0.5) is 26.6 Å². The first kappa shape index (κ1) is 23.7. The maximum absolute atomic E-state index is 13.5. The monoisotopic (exact) mass is 474 g/mol. The number of likely N-dealkylation sites (tertiary alicyclic amines) is 1. The lowest BCUT2D eigenvalue weighted by atomic mass is 9.96. The van der Waals surface area contributed by atoms with Crippen LogP contribution in [-0.4, -0.2) is 86.4 Å². The lowest BCUT2D eigenvalue weighted by Crippen LogP contribution is -2.49. The zero-order valence-corrected chi connectivity index (χ0v) is 18.8. The minimum absolute atomic E-state index is 0.00531. The lowest BCUT2D eigenvalue weighted by molar-refractivity contribution is -0.127. The molecule has 2 aliphatic rings. The van der Waals surface area contributed by atoms with Crippen LogP contribution in [0.5, 0.6) is 0 Å². The van der Waals surface area contributed by atoms with Crippen LogP contribution >= 0.6 is 0 Å². The van der Waals surface area contributed by atoms with Gasteiger partial charge in [0.25, 0.3) is 6.43 Å². The summed E-state index contributed by atoms with van der Waals surface area (Å²) in [5.74, 6) is 0.527. The van der Waals surface area contributed by atoms with E-state index in [0.29, 0.717) is 25.0 Å². The van der Waals surface area contributed by atoms with Crippen molar-refractivity contribution in [3.63, 3.8) is 0 Å². The van der Waals surface area contributed by atoms with Gasteiger partial charge in [-0.3, -0.25) is 9.69 Å². The highest BCUT2D eigenvalue weighted by Gasteiger charge is 2.27. The van der Waals surface area contributed by atoms with E-state index in [-0.39, 0.29) is 29.2 Å². The molecule has 0 unspecified atom stereocenters. The number of nitrogens with zero attached hydrogens (tertiary/aromatic N) is 8. The molecular formula is C21H28F2N10O. The van der Waals surface area contributed by atoms with Crippen LogP contribution in [0.1, 0.15) is 25.0 Å². The number of carbonyl (C=O) groups excluding carboxylic acids is 1. The van der Waals surface area contributed by atoms with E-state index in [0.717, 1.165) is 45.6 Å². The molecule has 34 heavy (non-hydrogen) atoms. The highest BCUT2D eigenvalue weighted by Crippen LogP contribution is 2.29. The molecule has 2 aromatic rings. The molecule has 0 spiro atoms. The maximum atomic E-state index is 13.5. The minimum Gasteiger partial charge on any atom is -0.368 e. The number of nitrogen functional groups attached to an aromatic ring is 2. The van der Waals surface area contributed by atoms with Crippen LogP contribution in [0.15, 0.2) is 18.9 Å². The summed E-state index contributed by atoms with van der Waals surface area (Å²) < 4.78 is 27.0. The molecule has 4 heterocycles. The number of piperidine rings is 1. The average molecular weight is 475 g/mol. The summed E-state index contributed by atoms with van der Waals surface area (Å²) in [5, 5.41) is 0. The fraction of sp³-hybridized carbons (Fsp3) is 0.524. The van der Waals surface area contributed by atoms with E-state index in [1.54, 1.807) is 0 Å². The van der Waals surface area contributed by atoms with Gasteiger partial charge in [-0.1, -0.05) is 6.58 Å². The summed E-state index contributed by atoms with van der Waals surface area (Å²) in [7, 11) is 0. The van der Waals surface area contributed by atoms with Gasteiger partial charge in [0.1, 0.15) is 5.69 Å². The molecule has 2 aromatic heterocycles. The molecule has 1 amide bonds. The van der Waals surface area contributed by atoms with Gasteiger partial charge < -0.3 is 21.3 Å². The van der Waals surface area contributed by atoms with Crippen LogP contribution in [0.25, 0.3) is 11.4 Å². The standard InChI is InChI=1S/C21H28F2N10O/c1-2-15(34)32-5-3-13(4-6-32)12-31-7-9-33(10-8-31)21-29-18(28-20(25)30-21)14-11-26-19(24)27-16(14)17(22)23/h2,11,13,17H,1,3-10,12H2,(H2,24,26,27)(H2,25,28,29,30). The van der Waals surface area contributed by atoms with Crippen LogP contribution < -0.4 is 16.4 Å². The predicted octanol–water partition coefficient (Wildman–Crippen LogP) is 0.977. The van der Waals surface area contributed by atoms with E-state index < -0.39 is 12.1 Å². The minimum atomic E-state index is -2.87. The van der Waals surface area contributed by atoms with E-state index in [1.807, 2.05) is 9.80 Å². The Morgan fingerprint density at radius 2 is 1.76 bits per heavy atom. The molecule has 0 aliphatic carbocycles. The Balaban J connectivity index is 1.39. The Kier molecular flexibility index (Phi) is 7.10. The Morgan fingerprint density at radius 1 is 1.06 bits per heavy atom. The summed E-state index contributed by atoms with van der Waals surface area (Å²) in [6.45, 7) is 8.98. The van der Waals surface area contributed by atoms with E-state index in [4.69, 9.17) is 11.5 Å². The first-order valence-electron chi connectivity index (χ1n) is 11.1.